The largest absolute Gasteiger partial charge is 0.496 e. The molecule has 0 saturated carbocycles. The van der Waals surface area contributed by atoms with Crippen LogP contribution < -0.4 is 4.74 Å². The van der Waals surface area contributed by atoms with Crippen LogP contribution >= 0.6 is 0 Å². The fraction of sp³-hybridized carbons (Fsp3) is 0.300. The minimum atomic E-state index is -0.939. The first-order valence-electron chi connectivity index (χ1n) is 7.84. The minimum Gasteiger partial charge on any atom is -0.496 e. The Morgan fingerprint density at radius 3 is 2.43 bits per heavy atom. The Bertz CT molecular complexity index is 637. The monoisotopic (exact) mass is 314 g/mol. The number of aliphatic hydroxyl groups excluding tert-OH is 1. The molecule has 1 N–H and O–H groups in total. The summed E-state index contributed by atoms with van der Waals surface area (Å²) in [5, 5.41) is 10.7. The topological polar surface area (TPSA) is 29.5 Å². The smallest absolute Gasteiger partial charge is 0.124 e. The number of rotatable bonds is 7. The van der Waals surface area contributed by atoms with E-state index in [-0.39, 0.29) is 5.83 Å². The van der Waals surface area contributed by atoms with Gasteiger partial charge < -0.3 is 9.84 Å². The van der Waals surface area contributed by atoms with Crippen molar-refractivity contribution in [2.24, 2.45) is 5.92 Å². The van der Waals surface area contributed by atoms with Crippen molar-refractivity contribution in [2.45, 2.75) is 25.9 Å². The Hall–Kier alpha value is -2.13. The van der Waals surface area contributed by atoms with Gasteiger partial charge in [-0.05, 0) is 31.4 Å². The first-order chi connectivity index (χ1) is 11.2. The van der Waals surface area contributed by atoms with E-state index in [1.807, 2.05) is 42.5 Å². The van der Waals surface area contributed by atoms with E-state index in [1.165, 1.54) is 6.08 Å². The molecule has 23 heavy (non-hydrogen) atoms. The third kappa shape index (κ3) is 4.42. The van der Waals surface area contributed by atoms with Crippen LogP contribution in [0.3, 0.4) is 0 Å². The van der Waals surface area contributed by atoms with Crippen molar-refractivity contribution in [1.29, 1.82) is 0 Å². The number of aliphatic hydroxyl groups is 1. The summed E-state index contributed by atoms with van der Waals surface area (Å²) < 4.78 is 19.6. The van der Waals surface area contributed by atoms with E-state index in [9.17, 15) is 9.50 Å². The van der Waals surface area contributed by atoms with Crippen LogP contribution in [-0.4, -0.2) is 12.2 Å². The number of hydrogen-bond donors (Lipinski definition) is 1. The summed E-state index contributed by atoms with van der Waals surface area (Å²) in [5.41, 5.74) is 1.75. The van der Waals surface area contributed by atoms with Crippen LogP contribution in [0.5, 0.6) is 5.75 Å². The van der Waals surface area contributed by atoms with Gasteiger partial charge in [0.1, 0.15) is 11.6 Å². The molecule has 2 atom stereocenters. The second-order valence-corrected chi connectivity index (χ2v) is 5.49. The molecule has 0 aromatic heterocycles. The Morgan fingerprint density at radius 2 is 1.78 bits per heavy atom. The highest BCUT2D eigenvalue weighted by atomic mass is 19.1. The molecule has 0 unspecified atom stereocenters. The first kappa shape index (κ1) is 17.2. The van der Waals surface area contributed by atoms with Gasteiger partial charge in [-0.3, -0.25) is 0 Å². The number of ether oxygens (including phenoxy) is 1. The second-order valence-electron chi connectivity index (χ2n) is 5.49. The number of methoxy groups -OCH3 is 1. The summed E-state index contributed by atoms with van der Waals surface area (Å²) >= 11 is 0. The maximum absolute atomic E-state index is 14.3. The van der Waals surface area contributed by atoms with Crippen molar-refractivity contribution in [3.8, 4) is 5.75 Å². The normalized spacial score (nSPS) is 14.3. The maximum Gasteiger partial charge on any atom is 0.124 e. The van der Waals surface area contributed by atoms with Gasteiger partial charge in [0.2, 0.25) is 0 Å². The Morgan fingerprint density at radius 1 is 1.13 bits per heavy atom. The molecule has 2 aromatic carbocycles. The van der Waals surface area contributed by atoms with Crippen molar-refractivity contribution < 1.29 is 14.2 Å². The van der Waals surface area contributed by atoms with Crippen LogP contribution in [0.15, 0.2) is 66.5 Å². The highest BCUT2D eigenvalue weighted by Crippen LogP contribution is 2.36. The van der Waals surface area contributed by atoms with E-state index in [0.717, 1.165) is 5.56 Å². The quantitative estimate of drug-likeness (QED) is 0.791. The predicted molar refractivity (Wildman–Crippen MR) is 91.1 cm³/mol. The molecule has 0 radical (unpaired) electrons. The lowest BCUT2D eigenvalue weighted by Crippen LogP contribution is -2.15. The molecule has 122 valence electrons. The second kappa shape index (κ2) is 8.49. The van der Waals surface area contributed by atoms with Gasteiger partial charge in [0, 0.05) is 11.5 Å². The average Bonchev–Trinajstić information content (AvgIpc) is 2.62. The molecule has 0 heterocycles. The lowest BCUT2D eigenvalue weighted by atomic mass is 9.88. The zero-order valence-electron chi connectivity index (χ0n) is 13.6. The van der Waals surface area contributed by atoms with Gasteiger partial charge in [0.25, 0.3) is 0 Å². The minimum absolute atomic E-state index is 0.292. The number of benzene rings is 2. The van der Waals surface area contributed by atoms with Crippen LogP contribution in [0, 0.1) is 5.92 Å². The molecular formula is C20H23FO2. The summed E-state index contributed by atoms with van der Waals surface area (Å²) in [6.45, 7) is 1.65. The third-order valence-corrected chi connectivity index (χ3v) is 4.06. The molecule has 0 aliphatic carbocycles. The molecule has 0 spiro atoms. The standard InChI is InChI=1S/C20H23FO2/c1-3-18(21)16(14-13-15-9-5-4-6-10-15)20(22)17-11-7-8-12-19(17)23-2/h3-12,16,20,22H,13-14H2,1-2H3/t16-,20-/m1/s1. The maximum atomic E-state index is 14.3. The van der Waals surface area contributed by atoms with E-state index >= 15 is 0 Å². The predicted octanol–water partition coefficient (Wildman–Crippen LogP) is 4.85. The first-order valence-corrected chi connectivity index (χ1v) is 7.84. The van der Waals surface area contributed by atoms with E-state index in [4.69, 9.17) is 4.74 Å². The highest BCUT2D eigenvalue weighted by Gasteiger charge is 2.26. The molecule has 0 fully saturated rings. The fourth-order valence-corrected chi connectivity index (χ4v) is 2.76. The van der Waals surface area contributed by atoms with E-state index < -0.39 is 12.0 Å². The van der Waals surface area contributed by atoms with Crippen LogP contribution in [0.1, 0.15) is 30.6 Å². The van der Waals surface area contributed by atoms with E-state index in [2.05, 4.69) is 0 Å². The molecule has 2 rings (SSSR count). The van der Waals surface area contributed by atoms with E-state index in [0.29, 0.717) is 24.2 Å². The van der Waals surface area contributed by atoms with Crippen molar-refractivity contribution >= 4 is 0 Å². The number of hydrogen-bond acceptors (Lipinski definition) is 2. The average molecular weight is 314 g/mol. The number of aryl methyl sites for hydroxylation is 1. The van der Waals surface area contributed by atoms with Crippen molar-refractivity contribution in [3.63, 3.8) is 0 Å². The van der Waals surface area contributed by atoms with Crippen LogP contribution in [-0.2, 0) is 6.42 Å². The van der Waals surface area contributed by atoms with Gasteiger partial charge in [-0.25, -0.2) is 4.39 Å². The van der Waals surface area contributed by atoms with Crippen LogP contribution in [0.2, 0.25) is 0 Å². The van der Waals surface area contributed by atoms with Gasteiger partial charge in [0.15, 0.2) is 0 Å². The number of halogens is 1. The van der Waals surface area contributed by atoms with Crippen molar-refractivity contribution in [3.05, 3.63) is 77.6 Å². The number of allylic oxidation sites excluding steroid dienone is 1. The van der Waals surface area contributed by atoms with Gasteiger partial charge in [-0.1, -0.05) is 54.6 Å². The zero-order valence-corrected chi connectivity index (χ0v) is 13.6. The molecule has 2 aromatic rings. The molecule has 3 heteroatoms. The Kier molecular flexibility index (Phi) is 6.36. The zero-order chi connectivity index (χ0) is 16.7. The summed E-state index contributed by atoms with van der Waals surface area (Å²) in [4.78, 5) is 0. The summed E-state index contributed by atoms with van der Waals surface area (Å²) in [6.07, 6.45) is 1.72. The molecule has 0 aliphatic rings. The molecule has 0 aliphatic heterocycles. The van der Waals surface area contributed by atoms with Crippen molar-refractivity contribution in [1.82, 2.24) is 0 Å². The summed E-state index contributed by atoms with van der Waals surface area (Å²) in [6, 6.07) is 17.1. The van der Waals surface area contributed by atoms with Gasteiger partial charge in [0.05, 0.1) is 13.2 Å². The molecule has 2 nitrogen and oxygen atoms in total. The van der Waals surface area contributed by atoms with Gasteiger partial charge in [-0.15, -0.1) is 0 Å². The lowest BCUT2D eigenvalue weighted by Gasteiger charge is -2.23. The molecule has 0 saturated heterocycles. The Labute approximate surface area is 137 Å². The lowest BCUT2D eigenvalue weighted by molar-refractivity contribution is 0.106. The van der Waals surface area contributed by atoms with Crippen LogP contribution in [0.25, 0.3) is 0 Å². The molecule has 0 bridgehead atoms. The fourth-order valence-electron chi connectivity index (χ4n) is 2.76. The van der Waals surface area contributed by atoms with E-state index in [1.54, 1.807) is 26.2 Å². The summed E-state index contributed by atoms with van der Waals surface area (Å²) in [7, 11) is 1.55. The molecule has 0 amide bonds. The molecular weight excluding hydrogens is 291 g/mol. The summed E-state index contributed by atoms with van der Waals surface area (Å²) in [5.74, 6) is -0.301. The van der Waals surface area contributed by atoms with Crippen LogP contribution in [0.4, 0.5) is 4.39 Å². The van der Waals surface area contributed by atoms with Gasteiger partial charge >= 0.3 is 0 Å². The van der Waals surface area contributed by atoms with Gasteiger partial charge in [-0.2, -0.15) is 0 Å². The third-order valence-electron chi connectivity index (χ3n) is 4.06. The Balaban J connectivity index is 2.20. The number of para-hydroxylation sites is 1. The SMILES string of the molecule is CC=C(F)[C@@H](CCc1ccccc1)[C@@H](O)c1ccccc1OC. The van der Waals surface area contributed by atoms with Crippen molar-refractivity contribution in [2.75, 3.05) is 7.11 Å². The highest BCUT2D eigenvalue weighted by molar-refractivity contribution is 5.36.